The quantitative estimate of drug-likeness (QED) is 0.824. The van der Waals surface area contributed by atoms with Crippen LogP contribution in [0.1, 0.15) is 29.8 Å². The van der Waals surface area contributed by atoms with Crippen molar-refractivity contribution in [1.82, 2.24) is 14.9 Å². The number of rotatable bonds is 3. The third-order valence-corrected chi connectivity index (χ3v) is 4.56. The summed E-state index contributed by atoms with van der Waals surface area (Å²) in [5, 5.41) is 0. The molecule has 1 saturated carbocycles. The van der Waals surface area contributed by atoms with Gasteiger partial charge in [0.25, 0.3) is 5.91 Å². The Kier molecular flexibility index (Phi) is 3.22. The highest BCUT2D eigenvalue weighted by Gasteiger charge is 2.50. The van der Waals surface area contributed by atoms with Gasteiger partial charge < -0.3 is 9.64 Å². The summed E-state index contributed by atoms with van der Waals surface area (Å²) in [6.45, 7) is 2.39. The lowest BCUT2D eigenvalue weighted by atomic mass is 9.82. The number of hydrogen-bond acceptors (Lipinski definition) is 4. The number of carbonyl (C=O) groups excluding carboxylic acids is 1. The smallest absolute Gasteiger partial charge is 0.272 e. The van der Waals surface area contributed by atoms with Crippen molar-refractivity contribution in [1.29, 1.82) is 0 Å². The van der Waals surface area contributed by atoms with E-state index in [1.807, 2.05) is 4.90 Å². The molecule has 0 unspecified atom stereocenters. The number of ether oxygens (including phenoxy) is 1. The predicted molar refractivity (Wildman–Crippen MR) is 69.6 cm³/mol. The van der Waals surface area contributed by atoms with E-state index in [-0.39, 0.29) is 11.3 Å². The number of methoxy groups -OCH3 is 1. The molecule has 0 radical (unpaired) electrons. The maximum atomic E-state index is 12.4. The molecule has 0 N–H and O–H groups in total. The Morgan fingerprint density at radius 3 is 3.26 bits per heavy atom. The molecular weight excluding hydrogens is 242 g/mol. The second kappa shape index (κ2) is 4.89. The zero-order valence-corrected chi connectivity index (χ0v) is 11.2. The standard InChI is InChI=1S/C14H19N3O2/c1-19-9-14-5-2-3-11(14)7-17(8-14)13(18)12-4-6-15-10-16-12/h4,6,10-11H,2-3,5,7-9H2,1H3/t11-,14+/m1/s1. The lowest BCUT2D eigenvalue weighted by Gasteiger charge is -2.27. The van der Waals surface area contributed by atoms with Crippen molar-refractivity contribution in [3.05, 3.63) is 24.3 Å². The summed E-state index contributed by atoms with van der Waals surface area (Å²) in [4.78, 5) is 22.3. The zero-order chi connectivity index (χ0) is 13.3. The third-order valence-electron chi connectivity index (χ3n) is 4.56. The minimum atomic E-state index is 0.0206. The Labute approximate surface area is 113 Å². The molecule has 0 bridgehead atoms. The number of carbonyl (C=O) groups is 1. The SMILES string of the molecule is COC[C@@]12CCC[C@@H]1CN(C(=O)c1ccncn1)C2. The molecule has 2 atom stereocenters. The molecule has 2 heterocycles. The van der Waals surface area contributed by atoms with E-state index >= 15 is 0 Å². The summed E-state index contributed by atoms with van der Waals surface area (Å²) >= 11 is 0. The van der Waals surface area contributed by atoms with Gasteiger partial charge in [-0.25, -0.2) is 9.97 Å². The first-order valence-corrected chi connectivity index (χ1v) is 6.79. The van der Waals surface area contributed by atoms with Crippen LogP contribution in [0, 0.1) is 11.3 Å². The molecule has 1 aliphatic heterocycles. The fourth-order valence-corrected chi connectivity index (χ4v) is 3.67. The van der Waals surface area contributed by atoms with Gasteiger partial charge in [0, 0.05) is 31.8 Å². The van der Waals surface area contributed by atoms with Gasteiger partial charge in [0.05, 0.1) is 6.61 Å². The highest BCUT2D eigenvalue weighted by molar-refractivity contribution is 5.92. The average Bonchev–Trinajstić information content (AvgIpc) is 2.96. The minimum absolute atomic E-state index is 0.0206. The second-order valence-corrected chi connectivity index (χ2v) is 5.66. The van der Waals surface area contributed by atoms with Gasteiger partial charge in [0.15, 0.2) is 0 Å². The average molecular weight is 261 g/mol. The predicted octanol–water partition coefficient (Wildman–Crippen LogP) is 1.37. The van der Waals surface area contributed by atoms with E-state index in [0.29, 0.717) is 11.6 Å². The molecule has 2 aliphatic rings. The normalized spacial score (nSPS) is 29.5. The molecule has 1 amide bonds. The fraction of sp³-hybridized carbons (Fsp3) is 0.643. The number of fused-ring (bicyclic) bond motifs is 1. The first-order valence-electron chi connectivity index (χ1n) is 6.79. The number of nitrogens with zero attached hydrogens (tertiary/aromatic N) is 3. The highest BCUT2D eigenvalue weighted by atomic mass is 16.5. The monoisotopic (exact) mass is 261 g/mol. The van der Waals surface area contributed by atoms with Gasteiger partial charge in [-0.1, -0.05) is 6.42 Å². The Balaban J connectivity index is 1.77. The van der Waals surface area contributed by atoms with Crippen LogP contribution in [0.2, 0.25) is 0 Å². The summed E-state index contributed by atoms with van der Waals surface area (Å²) in [7, 11) is 1.75. The number of aromatic nitrogens is 2. The number of amides is 1. The molecule has 19 heavy (non-hydrogen) atoms. The number of likely N-dealkylation sites (tertiary alicyclic amines) is 1. The largest absolute Gasteiger partial charge is 0.384 e. The van der Waals surface area contributed by atoms with Crippen molar-refractivity contribution >= 4 is 5.91 Å². The summed E-state index contributed by atoms with van der Waals surface area (Å²) < 4.78 is 5.40. The van der Waals surface area contributed by atoms with Crippen LogP contribution in [0.5, 0.6) is 0 Å². The van der Waals surface area contributed by atoms with Crippen LogP contribution in [0.25, 0.3) is 0 Å². The van der Waals surface area contributed by atoms with E-state index in [2.05, 4.69) is 9.97 Å². The van der Waals surface area contributed by atoms with E-state index in [4.69, 9.17) is 4.74 Å². The van der Waals surface area contributed by atoms with Gasteiger partial charge in [-0.2, -0.15) is 0 Å². The van der Waals surface area contributed by atoms with Crippen LogP contribution in [-0.2, 0) is 4.74 Å². The lowest BCUT2D eigenvalue weighted by Crippen LogP contribution is -2.34. The third kappa shape index (κ3) is 2.12. The van der Waals surface area contributed by atoms with E-state index < -0.39 is 0 Å². The lowest BCUT2D eigenvalue weighted by molar-refractivity contribution is 0.0622. The van der Waals surface area contributed by atoms with Gasteiger partial charge in [-0.3, -0.25) is 4.79 Å². The molecule has 102 valence electrons. The van der Waals surface area contributed by atoms with Crippen molar-refractivity contribution in [3.63, 3.8) is 0 Å². The highest BCUT2D eigenvalue weighted by Crippen LogP contribution is 2.48. The second-order valence-electron chi connectivity index (χ2n) is 5.66. The van der Waals surface area contributed by atoms with Crippen LogP contribution in [0.4, 0.5) is 0 Å². The molecule has 5 nitrogen and oxygen atoms in total. The van der Waals surface area contributed by atoms with Gasteiger partial charge in [0.2, 0.25) is 0 Å². The molecule has 1 saturated heterocycles. The Hall–Kier alpha value is -1.49. The van der Waals surface area contributed by atoms with E-state index in [1.165, 1.54) is 25.6 Å². The maximum Gasteiger partial charge on any atom is 0.272 e. The Morgan fingerprint density at radius 2 is 2.53 bits per heavy atom. The Morgan fingerprint density at radius 1 is 1.63 bits per heavy atom. The molecule has 3 rings (SSSR count). The zero-order valence-electron chi connectivity index (χ0n) is 11.2. The van der Waals surface area contributed by atoms with Gasteiger partial charge in [-0.15, -0.1) is 0 Å². The topological polar surface area (TPSA) is 55.3 Å². The first-order chi connectivity index (χ1) is 9.25. The molecule has 1 aromatic heterocycles. The van der Waals surface area contributed by atoms with E-state index in [1.54, 1.807) is 19.4 Å². The van der Waals surface area contributed by atoms with Crippen molar-refractivity contribution in [2.45, 2.75) is 19.3 Å². The molecule has 1 aliphatic carbocycles. The van der Waals surface area contributed by atoms with Crippen LogP contribution < -0.4 is 0 Å². The Bertz CT molecular complexity index is 465. The number of hydrogen-bond donors (Lipinski definition) is 0. The van der Waals surface area contributed by atoms with Gasteiger partial charge in [-0.05, 0) is 24.8 Å². The fourth-order valence-electron chi connectivity index (χ4n) is 3.67. The van der Waals surface area contributed by atoms with Crippen molar-refractivity contribution in [2.75, 3.05) is 26.8 Å². The molecule has 2 fully saturated rings. The van der Waals surface area contributed by atoms with Gasteiger partial charge >= 0.3 is 0 Å². The van der Waals surface area contributed by atoms with Crippen LogP contribution >= 0.6 is 0 Å². The maximum absolute atomic E-state index is 12.4. The van der Waals surface area contributed by atoms with Crippen molar-refractivity contribution in [2.24, 2.45) is 11.3 Å². The molecular formula is C14H19N3O2. The summed E-state index contributed by atoms with van der Waals surface area (Å²) in [5.41, 5.74) is 0.666. The molecule has 5 heteroatoms. The molecule has 1 aromatic rings. The first kappa shape index (κ1) is 12.5. The summed E-state index contributed by atoms with van der Waals surface area (Å²) in [5.74, 6) is 0.602. The van der Waals surface area contributed by atoms with E-state index in [0.717, 1.165) is 19.7 Å². The van der Waals surface area contributed by atoms with Crippen LogP contribution in [-0.4, -0.2) is 47.6 Å². The summed E-state index contributed by atoms with van der Waals surface area (Å²) in [6, 6.07) is 1.68. The summed E-state index contributed by atoms with van der Waals surface area (Å²) in [6.07, 6.45) is 6.66. The van der Waals surface area contributed by atoms with Crippen molar-refractivity contribution in [3.8, 4) is 0 Å². The molecule has 0 aromatic carbocycles. The molecule has 0 spiro atoms. The minimum Gasteiger partial charge on any atom is -0.384 e. The van der Waals surface area contributed by atoms with Crippen LogP contribution in [0.3, 0.4) is 0 Å². The van der Waals surface area contributed by atoms with Gasteiger partial charge in [0.1, 0.15) is 12.0 Å². The van der Waals surface area contributed by atoms with Crippen molar-refractivity contribution < 1.29 is 9.53 Å². The van der Waals surface area contributed by atoms with E-state index in [9.17, 15) is 4.79 Å². The van der Waals surface area contributed by atoms with Crippen LogP contribution in [0.15, 0.2) is 18.6 Å².